The summed E-state index contributed by atoms with van der Waals surface area (Å²) in [5.74, 6) is 0.291. The molecule has 0 saturated carbocycles. The van der Waals surface area contributed by atoms with E-state index in [0.717, 1.165) is 51.5 Å². The van der Waals surface area contributed by atoms with Crippen molar-refractivity contribution in [1.82, 2.24) is 4.98 Å². The first-order valence-electron chi connectivity index (χ1n) is 11.1. The van der Waals surface area contributed by atoms with Crippen molar-refractivity contribution in [2.45, 2.75) is 47.0 Å². The fourth-order valence-corrected chi connectivity index (χ4v) is 6.92. The van der Waals surface area contributed by atoms with Gasteiger partial charge in [-0.05, 0) is 60.8 Å². The van der Waals surface area contributed by atoms with Crippen LogP contribution < -0.4 is 11.1 Å². The monoisotopic (exact) mass is 474 g/mol. The van der Waals surface area contributed by atoms with Gasteiger partial charge in [-0.2, -0.15) is 5.26 Å². The summed E-state index contributed by atoms with van der Waals surface area (Å²) in [6.45, 7) is 8.84. The van der Waals surface area contributed by atoms with E-state index in [9.17, 15) is 10.1 Å². The van der Waals surface area contributed by atoms with Crippen LogP contribution in [0.4, 0.5) is 10.7 Å². The zero-order valence-corrected chi connectivity index (χ0v) is 20.8. The van der Waals surface area contributed by atoms with Gasteiger partial charge in [-0.3, -0.25) is 4.79 Å². The number of nitrogen functional groups attached to an aromatic ring is 1. The van der Waals surface area contributed by atoms with Crippen LogP contribution in [0.2, 0.25) is 0 Å². The van der Waals surface area contributed by atoms with Gasteiger partial charge < -0.3 is 11.1 Å². The Morgan fingerprint density at radius 2 is 2.06 bits per heavy atom. The second-order valence-electron chi connectivity index (χ2n) is 9.96. The number of rotatable bonds is 2. The smallest absolute Gasteiger partial charge is 0.268 e. The molecule has 1 aromatic carbocycles. The summed E-state index contributed by atoms with van der Waals surface area (Å²) in [6.07, 6.45) is 2.90. The highest BCUT2D eigenvalue weighted by Crippen LogP contribution is 2.44. The quantitative estimate of drug-likeness (QED) is 0.339. The van der Waals surface area contributed by atoms with Gasteiger partial charge in [0, 0.05) is 15.6 Å². The number of carbonyl (C=O) groups excluding carboxylic acids is 1. The maximum Gasteiger partial charge on any atom is 0.268 e. The second-order valence-corrected chi connectivity index (χ2v) is 12.1. The van der Waals surface area contributed by atoms with Crippen molar-refractivity contribution in [2.75, 3.05) is 11.1 Å². The number of hydrogen-bond acceptors (Lipinski definition) is 6. The summed E-state index contributed by atoms with van der Waals surface area (Å²) >= 11 is 2.84. The van der Waals surface area contributed by atoms with E-state index in [4.69, 9.17) is 10.7 Å². The first kappa shape index (κ1) is 21.9. The van der Waals surface area contributed by atoms with E-state index in [1.54, 1.807) is 0 Å². The van der Waals surface area contributed by atoms with Gasteiger partial charge in [0.1, 0.15) is 20.8 Å². The van der Waals surface area contributed by atoms with E-state index in [0.29, 0.717) is 27.0 Å². The van der Waals surface area contributed by atoms with Crippen molar-refractivity contribution in [1.29, 1.82) is 5.26 Å². The van der Waals surface area contributed by atoms with E-state index in [1.165, 1.54) is 27.6 Å². The molecule has 33 heavy (non-hydrogen) atoms. The number of anilines is 2. The minimum absolute atomic E-state index is 0.221. The van der Waals surface area contributed by atoms with Crippen LogP contribution in [0, 0.1) is 29.6 Å². The number of hydrogen-bond donors (Lipinski definition) is 2. The molecular weight excluding hydrogens is 448 g/mol. The van der Waals surface area contributed by atoms with Crippen LogP contribution in [-0.4, -0.2) is 10.9 Å². The van der Waals surface area contributed by atoms with Crippen molar-refractivity contribution in [3.05, 3.63) is 50.7 Å². The fraction of sp³-hybridized carbons (Fsp3) is 0.346. The minimum Gasteiger partial charge on any atom is -0.397 e. The highest BCUT2D eigenvalue weighted by molar-refractivity contribution is 7.21. The molecule has 0 spiro atoms. The van der Waals surface area contributed by atoms with Crippen LogP contribution in [0.15, 0.2) is 24.3 Å². The summed E-state index contributed by atoms with van der Waals surface area (Å²) < 4.78 is 0. The average molecular weight is 475 g/mol. The summed E-state index contributed by atoms with van der Waals surface area (Å²) in [4.78, 5) is 20.4. The predicted octanol–water partition coefficient (Wildman–Crippen LogP) is 6.68. The van der Waals surface area contributed by atoms with Gasteiger partial charge >= 0.3 is 0 Å². The number of carbonyl (C=O) groups is 1. The Morgan fingerprint density at radius 1 is 1.27 bits per heavy atom. The van der Waals surface area contributed by atoms with E-state index in [-0.39, 0.29) is 11.3 Å². The molecule has 1 unspecified atom stereocenters. The van der Waals surface area contributed by atoms with Crippen LogP contribution in [0.5, 0.6) is 0 Å². The number of amides is 1. The number of pyridine rings is 1. The molecule has 0 saturated heterocycles. The van der Waals surface area contributed by atoms with Crippen molar-refractivity contribution >= 4 is 60.4 Å². The van der Waals surface area contributed by atoms with Crippen LogP contribution >= 0.6 is 22.7 Å². The maximum absolute atomic E-state index is 13.2. The zero-order chi connectivity index (χ0) is 23.5. The van der Waals surface area contributed by atoms with Crippen molar-refractivity contribution < 1.29 is 4.79 Å². The molecule has 1 aliphatic carbocycles. The van der Waals surface area contributed by atoms with Gasteiger partial charge in [0.05, 0.1) is 16.8 Å². The molecule has 0 bridgehead atoms. The highest BCUT2D eigenvalue weighted by atomic mass is 32.1. The SMILES string of the molecule is Cc1ccc2cc3c(N)c(C(=O)Nc4sc5c(c4C#N)CCC(C(C)(C)C)C5)sc3nc2c1. The molecule has 0 fully saturated rings. The summed E-state index contributed by atoms with van der Waals surface area (Å²) in [5, 5.41) is 15.3. The molecule has 1 atom stereocenters. The number of nitriles is 1. The van der Waals surface area contributed by atoms with Crippen LogP contribution in [0.1, 0.15) is 58.4 Å². The average Bonchev–Trinajstić information content (AvgIpc) is 3.27. The summed E-state index contributed by atoms with van der Waals surface area (Å²) in [6, 6.07) is 10.4. The van der Waals surface area contributed by atoms with Gasteiger partial charge in [-0.25, -0.2) is 4.98 Å². The normalized spacial score (nSPS) is 16.0. The maximum atomic E-state index is 13.2. The van der Waals surface area contributed by atoms with Crippen LogP contribution in [0.3, 0.4) is 0 Å². The Balaban J connectivity index is 1.49. The van der Waals surface area contributed by atoms with Crippen LogP contribution in [0.25, 0.3) is 21.1 Å². The lowest BCUT2D eigenvalue weighted by Gasteiger charge is -2.33. The van der Waals surface area contributed by atoms with Gasteiger partial charge in [-0.1, -0.05) is 32.9 Å². The first-order chi connectivity index (χ1) is 15.7. The van der Waals surface area contributed by atoms with E-state index in [2.05, 4.69) is 32.2 Å². The Morgan fingerprint density at radius 3 is 2.79 bits per heavy atom. The molecule has 0 radical (unpaired) electrons. The molecule has 3 aromatic heterocycles. The zero-order valence-electron chi connectivity index (χ0n) is 19.2. The number of benzene rings is 1. The standard InChI is InChI=1S/C26H26N4OS2/c1-13-5-6-14-10-17-21(28)22(33-24(17)29-19(14)9-13)23(31)30-25-18(12-27)16-8-7-15(26(2,3)4)11-20(16)32-25/h5-6,9-10,15H,7-8,11,28H2,1-4H3,(H,30,31). The summed E-state index contributed by atoms with van der Waals surface area (Å²) in [5.41, 5.74) is 10.8. The third-order valence-electron chi connectivity index (χ3n) is 6.71. The lowest BCUT2D eigenvalue weighted by molar-refractivity contribution is 0.103. The molecule has 168 valence electrons. The van der Waals surface area contributed by atoms with Gasteiger partial charge in [0.2, 0.25) is 0 Å². The Labute approximate surface area is 201 Å². The van der Waals surface area contributed by atoms with Gasteiger partial charge in [-0.15, -0.1) is 22.7 Å². The predicted molar refractivity (Wildman–Crippen MR) is 138 cm³/mol. The van der Waals surface area contributed by atoms with Crippen molar-refractivity contribution in [3.63, 3.8) is 0 Å². The molecule has 0 aliphatic heterocycles. The number of fused-ring (bicyclic) bond motifs is 3. The highest BCUT2D eigenvalue weighted by Gasteiger charge is 2.32. The molecular formula is C26H26N4OS2. The minimum atomic E-state index is -0.279. The summed E-state index contributed by atoms with van der Waals surface area (Å²) in [7, 11) is 0. The molecule has 5 rings (SSSR count). The second kappa shape index (κ2) is 7.82. The largest absolute Gasteiger partial charge is 0.397 e. The molecule has 3 heterocycles. The van der Waals surface area contributed by atoms with E-state index < -0.39 is 0 Å². The molecule has 1 amide bonds. The van der Waals surface area contributed by atoms with Crippen molar-refractivity contribution in [3.8, 4) is 6.07 Å². The van der Waals surface area contributed by atoms with Gasteiger partial charge in [0.15, 0.2) is 0 Å². The molecule has 3 N–H and O–H groups in total. The van der Waals surface area contributed by atoms with Crippen molar-refractivity contribution in [2.24, 2.45) is 11.3 Å². The number of nitrogens with zero attached hydrogens (tertiary/aromatic N) is 2. The van der Waals surface area contributed by atoms with E-state index in [1.807, 2.05) is 31.2 Å². The number of aryl methyl sites for hydroxylation is 1. The third kappa shape index (κ3) is 3.77. The molecule has 7 heteroatoms. The molecule has 4 aromatic rings. The first-order valence-corrected chi connectivity index (χ1v) is 12.7. The fourth-order valence-electron chi connectivity index (χ4n) is 4.66. The number of aromatic nitrogens is 1. The number of thiophene rings is 2. The lowest BCUT2D eigenvalue weighted by Crippen LogP contribution is -2.26. The molecule has 1 aliphatic rings. The number of nitrogens with two attached hydrogens (primary N) is 1. The Kier molecular flexibility index (Phi) is 5.19. The lowest BCUT2D eigenvalue weighted by atomic mass is 9.72. The Hall–Kier alpha value is -2.95. The number of nitrogens with one attached hydrogen (secondary N) is 1. The molecule has 5 nitrogen and oxygen atoms in total. The third-order valence-corrected chi connectivity index (χ3v) is 8.99. The topological polar surface area (TPSA) is 91.8 Å². The van der Waals surface area contributed by atoms with E-state index >= 15 is 0 Å². The Bertz CT molecular complexity index is 1470. The van der Waals surface area contributed by atoms with Gasteiger partial charge in [0.25, 0.3) is 5.91 Å². The van der Waals surface area contributed by atoms with Crippen LogP contribution in [-0.2, 0) is 12.8 Å².